The van der Waals surface area contributed by atoms with E-state index in [4.69, 9.17) is 10.7 Å². The predicted octanol–water partition coefficient (Wildman–Crippen LogP) is 2.90. The van der Waals surface area contributed by atoms with Crippen molar-refractivity contribution < 1.29 is 13.2 Å². The number of nitrogens with zero attached hydrogens (tertiary/aromatic N) is 1. The number of likely N-dealkylation sites (tertiary alicyclic amines) is 1. The number of carbonyl (C=O) groups is 1. The van der Waals surface area contributed by atoms with Crippen LogP contribution in [0.4, 0.5) is 0 Å². The van der Waals surface area contributed by atoms with Crippen LogP contribution in [-0.4, -0.2) is 32.3 Å². The van der Waals surface area contributed by atoms with Crippen LogP contribution < -0.4 is 0 Å². The minimum Gasteiger partial charge on any atom is -0.338 e. The Kier molecular flexibility index (Phi) is 4.63. The highest BCUT2D eigenvalue weighted by Crippen LogP contribution is 2.26. The van der Waals surface area contributed by atoms with E-state index in [1.54, 1.807) is 11.0 Å². The molecule has 1 aromatic carbocycles. The highest BCUT2D eigenvalue weighted by molar-refractivity contribution is 8.13. The lowest BCUT2D eigenvalue weighted by Gasteiger charge is -2.18. The van der Waals surface area contributed by atoms with Crippen molar-refractivity contribution in [2.45, 2.75) is 32.1 Å². The first-order valence-electron chi connectivity index (χ1n) is 7.11. The Hall–Kier alpha value is -1.07. The molecule has 0 aliphatic carbocycles. The lowest BCUT2D eigenvalue weighted by atomic mass is 10.0. The van der Waals surface area contributed by atoms with Crippen molar-refractivity contribution in [1.82, 2.24) is 4.90 Å². The lowest BCUT2D eigenvalue weighted by molar-refractivity contribution is 0.0783. The van der Waals surface area contributed by atoms with Crippen LogP contribution in [0.1, 0.15) is 36.7 Å². The predicted molar refractivity (Wildman–Crippen MR) is 83.1 cm³/mol. The monoisotopic (exact) mass is 329 g/mol. The molecule has 0 spiro atoms. The van der Waals surface area contributed by atoms with Gasteiger partial charge in [0.1, 0.15) is 0 Å². The third-order valence-corrected chi connectivity index (χ3v) is 5.60. The van der Waals surface area contributed by atoms with Gasteiger partial charge in [-0.05, 0) is 36.0 Å². The average Bonchev–Trinajstić information content (AvgIpc) is 2.76. The molecule has 2 unspecified atom stereocenters. The van der Waals surface area contributed by atoms with E-state index in [9.17, 15) is 13.2 Å². The molecule has 21 heavy (non-hydrogen) atoms. The molecule has 1 saturated heterocycles. The van der Waals surface area contributed by atoms with Gasteiger partial charge in [0, 0.05) is 29.3 Å². The van der Waals surface area contributed by atoms with Gasteiger partial charge in [-0.15, -0.1) is 0 Å². The standard InChI is InChI=1S/C15H20ClNO3S/c1-4-12-5-6-13(21(16,19)20)7-14(12)15(18)17-8-10(2)11(3)9-17/h5-7,10-11H,4,8-9H2,1-3H3. The summed E-state index contributed by atoms with van der Waals surface area (Å²) in [5.41, 5.74) is 1.29. The third-order valence-electron chi connectivity index (χ3n) is 4.25. The normalized spacial score (nSPS) is 22.6. The highest BCUT2D eigenvalue weighted by atomic mass is 35.7. The van der Waals surface area contributed by atoms with Crippen LogP contribution in [0, 0.1) is 11.8 Å². The van der Waals surface area contributed by atoms with E-state index in [2.05, 4.69) is 13.8 Å². The molecule has 1 amide bonds. The fraction of sp³-hybridized carbons (Fsp3) is 0.533. The third kappa shape index (κ3) is 3.40. The summed E-state index contributed by atoms with van der Waals surface area (Å²) >= 11 is 0. The molecule has 2 rings (SSSR count). The van der Waals surface area contributed by atoms with Gasteiger partial charge in [-0.3, -0.25) is 4.79 Å². The topological polar surface area (TPSA) is 54.5 Å². The molecule has 0 bridgehead atoms. The van der Waals surface area contributed by atoms with E-state index in [0.29, 0.717) is 36.9 Å². The summed E-state index contributed by atoms with van der Waals surface area (Å²) in [4.78, 5) is 14.5. The first kappa shape index (κ1) is 16.3. The van der Waals surface area contributed by atoms with Crippen LogP contribution in [0.15, 0.2) is 23.1 Å². The van der Waals surface area contributed by atoms with E-state index in [1.165, 1.54) is 12.1 Å². The van der Waals surface area contributed by atoms with Gasteiger partial charge in [0.05, 0.1) is 4.90 Å². The molecule has 4 nitrogen and oxygen atoms in total. The zero-order valence-electron chi connectivity index (χ0n) is 12.5. The second kappa shape index (κ2) is 5.97. The minimum absolute atomic E-state index is 0.0231. The van der Waals surface area contributed by atoms with E-state index in [0.717, 1.165) is 5.56 Å². The van der Waals surface area contributed by atoms with Crippen LogP contribution in [0.5, 0.6) is 0 Å². The lowest BCUT2D eigenvalue weighted by Crippen LogP contribution is -2.29. The van der Waals surface area contributed by atoms with Crippen LogP contribution in [0.2, 0.25) is 0 Å². The Morgan fingerprint density at radius 2 is 1.86 bits per heavy atom. The maximum atomic E-state index is 12.7. The Balaban J connectivity index is 2.40. The molecule has 1 aromatic rings. The highest BCUT2D eigenvalue weighted by Gasteiger charge is 2.31. The number of aryl methyl sites for hydroxylation is 1. The number of hydrogen-bond donors (Lipinski definition) is 0. The summed E-state index contributed by atoms with van der Waals surface area (Å²) in [5, 5.41) is 0. The number of carbonyl (C=O) groups excluding carboxylic acids is 1. The van der Waals surface area contributed by atoms with Gasteiger partial charge in [-0.1, -0.05) is 26.8 Å². The van der Waals surface area contributed by atoms with Gasteiger partial charge in [0.2, 0.25) is 0 Å². The van der Waals surface area contributed by atoms with Crippen LogP contribution in [-0.2, 0) is 15.5 Å². The van der Waals surface area contributed by atoms with Crippen molar-refractivity contribution >= 4 is 25.6 Å². The molecule has 6 heteroatoms. The zero-order chi connectivity index (χ0) is 15.8. The molecule has 0 N–H and O–H groups in total. The summed E-state index contributed by atoms with van der Waals surface area (Å²) in [6.07, 6.45) is 0.669. The quantitative estimate of drug-likeness (QED) is 0.801. The number of hydrogen-bond acceptors (Lipinski definition) is 3. The van der Waals surface area contributed by atoms with Crippen molar-refractivity contribution in [3.05, 3.63) is 29.3 Å². The fourth-order valence-electron chi connectivity index (χ4n) is 2.68. The summed E-state index contributed by atoms with van der Waals surface area (Å²) in [6.45, 7) is 7.61. The van der Waals surface area contributed by atoms with Gasteiger partial charge in [0.25, 0.3) is 15.0 Å². The van der Waals surface area contributed by atoms with Gasteiger partial charge < -0.3 is 4.90 Å². The van der Waals surface area contributed by atoms with Crippen molar-refractivity contribution in [1.29, 1.82) is 0 Å². The second-order valence-electron chi connectivity index (χ2n) is 5.78. The minimum atomic E-state index is -3.83. The first-order valence-corrected chi connectivity index (χ1v) is 9.41. The Labute approximate surface area is 130 Å². The number of halogens is 1. The Morgan fingerprint density at radius 1 is 1.29 bits per heavy atom. The first-order chi connectivity index (χ1) is 9.74. The number of amides is 1. The molecule has 0 aromatic heterocycles. The molecule has 1 fully saturated rings. The summed E-state index contributed by atoms with van der Waals surface area (Å²) in [7, 11) is 1.56. The SMILES string of the molecule is CCc1ccc(S(=O)(=O)Cl)cc1C(=O)N1CC(C)C(C)C1. The van der Waals surface area contributed by atoms with E-state index in [1.807, 2.05) is 6.92 Å². The van der Waals surface area contributed by atoms with Crippen LogP contribution in [0.25, 0.3) is 0 Å². The molecule has 1 aliphatic rings. The molecule has 1 heterocycles. The van der Waals surface area contributed by atoms with Crippen LogP contribution in [0.3, 0.4) is 0 Å². The molecule has 0 saturated carbocycles. The van der Waals surface area contributed by atoms with Crippen molar-refractivity contribution in [3.63, 3.8) is 0 Å². The van der Waals surface area contributed by atoms with Crippen molar-refractivity contribution in [2.24, 2.45) is 11.8 Å². The Bertz CT molecular complexity index is 647. The molecule has 0 radical (unpaired) electrons. The van der Waals surface area contributed by atoms with Gasteiger partial charge in [-0.25, -0.2) is 8.42 Å². The molecule has 2 atom stereocenters. The molecular formula is C15H20ClNO3S. The average molecular weight is 330 g/mol. The van der Waals surface area contributed by atoms with Gasteiger partial charge in [-0.2, -0.15) is 0 Å². The van der Waals surface area contributed by atoms with Crippen molar-refractivity contribution in [3.8, 4) is 0 Å². The number of benzene rings is 1. The van der Waals surface area contributed by atoms with E-state index in [-0.39, 0.29) is 10.8 Å². The smallest absolute Gasteiger partial charge is 0.261 e. The summed E-state index contributed by atoms with van der Waals surface area (Å²) in [5.74, 6) is 0.808. The van der Waals surface area contributed by atoms with Crippen LogP contribution >= 0.6 is 10.7 Å². The molecule has 116 valence electrons. The fourth-order valence-corrected chi connectivity index (χ4v) is 3.46. The second-order valence-corrected chi connectivity index (χ2v) is 8.34. The zero-order valence-corrected chi connectivity index (χ0v) is 14.0. The Morgan fingerprint density at radius 3 is 2.33 bits per heavy atom. The van der Waals surface area contributed by atoms with E-state index < -0.39 is 9.05 Å². The molecule has 1 aliphatic heterocycles. The van der Waals surface area contributed by atoms with Gasteiger partial charge in [0.15, 0.2) is 0 Å². The molecular weight excluding hydrogens is 310 g/mol. The maximum Gasteiger partial charge on any atom is 0.261 e. The van der Waals surface area contributed by atoms with E-state index >= 15 is 0 Å². The number of rotatable bonds is 3. The summed E-state index contributed by atoms with van der Waals surface area (Å²) in [6, 6.07) is 4.52. The summed E-state index contributed by atoms with van der Waals surface area (Å²) < 4.78 is 22.9. The largest absolute Gasteiger partial charge is 0.338 e. The maximum absolute atomic E-state index is 12.7. The van der Waals surface area contributed by atoms with Crippen molar-refractivity contribution in [2.75, 3.05) is 13.1 Å². The van der Waals surface area contributed by atoms with Gasteiger partial charge >= 0.3 is 0 Å².